The van der Waals surface area contributed by atoms with Gasteiger partial charge in [-0.3, -0.25) is 4.79 Å². The van der Waals surface area contributed by atoms with Gasteiger partial charge >= 0.3 is 0 Å². The van der Waals surface area contributed by atoms with Crippen LogP contribution in [0.3, 0.4) is 0 Å². The Kier molecular flexibility index (Phi) is 2.46. The number of ketones is 1. The van der Waals surface area contributed by atoms with Crippen molar-refractivity contribution in [2.24, 2.45) is 0 Å². The van der Waals surface area contributed by atoms with E-state index in [1.165, 1.54) is 0 Å². The highest BCUT2D eigenvalue weighted by atomic mass is 35.5. The first-order valence-corrected chi connectivity index (χ1v) is 5.49. The zero-order valence-electron chi connectivity index (χ0n) is 9.45. The van der Waals surface area contributed by atoms with Gasteiger partial charge in [0.05, 0.1) is 16.2 Å². The monoisotopic (exact) mass is 241 g/mol. The Morgan fingerprint density at radius 3 is 2.75 bits per heavy atom. The van der Waals surface area contributed by atoms with Gasteiger partial charge in [0.15, 0.2) is 11.6 Å². The van der Waals surface area contributed by atoms with Crippen LogP contribution in [0, 0.1) is 12.7 Å². The summed E-state index contributed by atoms with van der Waals surface area (Å²) in [6.45, 7) is 5.32. The standard InChI is InChI=1S/C12H13ClFNO/c1-6-4-8(13)10(14)11-7(6)5-9(16)12(2,3)15-11/h4,15H,5H2,1-3H3. The van der Waals surface area contributed by atoms with Crippen LogP contribution in [0.2, 0.25) is 5.02 Å². The van der Waals surface area contributed by atoms with Crippen LogP contribution in [0.1, 0.15) is 25.0 Å². The minimum atomic E-state index is -0.731. The maximum Gasteiger partial charge on any atom is 0.165 e. The average molecular weight is 242 g/mol. The number of anilines is 1. The van der Waals surface area contributed by atoms with Crippen LogP contribution >= 0.6 is 11.6 Å². The highest BCUT2D eigenvalue weighted by Gasteiger charge is 2.35. The van der Waals surface area contributed by atoms with Crippen molar-refractivity contribution in [3.63, 3.8) is 0 Å². The molecule has 1 aliphatic heterocycles. The maximum absolute atomic E-state index is 13.8. The molecule has 0 fully saturated rings. The van der Waals surface area contributed by atoms with Crippen LogP contribution < -0.4 is 5.32 Å². The first kappa shape index (κ1) is 11.4. The van der Waals surface area contributed by atoms with E-state index < -0.39 is 11.4 Å². The van der Waals surface area contributed by atoms with Gasteiger partial charge in [0.2, 0.25) is 0 Å². The molecule has 0 saturated carbocycles. The summed E-state index contributed by atoms with van der Waals surface area (Å²) in [6, 6.07) is 1.56. The van der Waals surface area contributed by atoms with Gasteiger partial charge in [-0.15, -0.1) is 0 Å². The van der Waals surface area contributed by atoms with Gasteiger partial charge in [0.25, 0.3) is 0 Å². The number of halogens is 2. The minimum Gasteiger partial charge on any atom is -0.371 e. The molecule has 1 N–H and O–H groups in total. The fourth-order valence-corrected chi connectivity index (χ4v) is 2.17. The first-order chi connectivity index (χ1) is 7.33. The summed E-state index contributed by atoms with van der Waals surface area (Å²) in [7, 11) is 0. The molecule has 0 amide bonds. The van der Waals surface area contributed by atoms with Crippen molar-refractivity contribution < 1.29 is 9.18 Å². The van der Waals surface area contributed by atoms with Crippen molar-refractivity contribution >= 4 is 23.1 Å². The van der Waals surface area contributed by atoms with E-state index in [0.717, 1.165) is 5.56 Å². The van der Waals surface area contributed by atoms with Crippen molar-refractivity contribution in [2.45, 2.75) is 32.7 Å². The number of hydrogen-bond acceptors (Lipinski definition) is 2. The van der Waals surface area contributed by atoms with E-state index in [4.69, 9.17) is 11.6 Å². The zero-order chi connectivity index (χ0) is 12.1. The van der Waals surface area contributed by atoms with Crippen LogP contribution in [-0.4, -0.2) is 11.3 Å². The number of fused-ring (bicyclic) bond motifs is 1. The molecular weight excluding hydrogens is 229 g/mol. The molecule has 16 heavy (non-hydrogen) atoms. The van der Waals surface area contributed by atoms with Crippen LogP contribution in [-0.2, 0) is 11.2 Å². The number of carbonyl (C=O) groups is 1. The molecule has 2 rings (SSSR count). The summed E-state index contributed by atoms with van der Waals surface area (Å²) >= 11 is 5.78. The molecule has 4 heteroatoms. The lowest BCUT2D eigenvalue weighted by Crippen LogP contribution is -2.45. The van der Waals surface area contributed by atoms with Crippen molar-refractivity contribution in [1.82, 2.24) is 0 Å². The smallest absolute Gasteiger partial charge is 0.165 e. The van der Waals surface area contributed by atoms with E-state index >= 15 is 0 Å². The molecule has 1 aromatic carbocycles. The third-order valence-corrected chi connectivity index (χ3v) is 3.30. The Balaban J connectivity index is 2.64. The number of carbonyl (C=O) groups excluding carboxylic acids is 1. The second kappa shape index (κ2) is 3.45. The third-order valence-electron chi connectivity index (χ3n) is 3.02. The zero-order valence-corrected chi connectivity index (χ0v) is 10.2. The number of nitrogens with one attached hydrogen (secondary N) is 1. The number of benzene rings is 1. The molecule has 0 unspecified atom stereocenters. The fraction of sp³-hybridized carbons (Fsp3) is 0.417. The Morgan fingerprint density at radius 2 is 2.12 bits per heavy atom. The molecule has 0 spiro atoms. The first-order valence-electron chi connectivity index (χ1n) is 5.12. The normalized spacial score (nSPS) is 17.9. The van der Waals surface area contributed by atoms with Gasteiger partial charge in [-0.25, -0.2) is 4.39 Å². The van der Waals surface area contributed by atoms with Gasteiger partial charge in [0, 0.05) is 6.42 Å². The second-order valence-electron chi connectivity index (χ2n) is 4.69. The lowest BCUT2D eigenvalue weighted by Gasteiger charge is -2.33. The summed E-state index contributed by atoms with van der Waals surface area (Å²) in [5.74, 6) is -0.410. The molecule has 0 atom stereocenters. The van der Waals surface area contributed by atoms with E-state index in [0.29, 0.717) is 11.3 Å². The molecule has 1 aliphatic rings. The van der Waals surface area contributed by atoms with E-state index in [-0.39, 0.29) is 17.2 Å². The largest absolute Gasteiger partial charge is 0.371 e. The number of Topliss-reactive ketones (excluding diaryl/α,β-unsaturated/α-hetero) is 1. The summed E-state index contributed by atoms with van der Waals surface area (Å²) in [6.07, 6.45) is 0.259. The maximum atomic E-state index is 13.8. The van der Waals surface area contributed by atoms with E-state index in [1.807, 2.05) is 6.92 Å². The molecule has 0 saturated heterocycles. The SMILES string of the molecule is Cc1cc(Cl)c(F)c2c1CC(=O)C(C)(C)N2. The van der Waals surface area contributed by atoms with Gasteiger partial charge in [-0.2, -0.15) is 0 Å². The molecule has 2 nitrogen and oxygen atoms in total. The van der Waals surface area contributed by atoms with E-state index in [2.05, 4.69) is 5.32 Å². The van der Waals surface area contributed by atoms with Crippen LogP contribution in [0.5, 0.6) is 0 Å². The van der Waals surface area contributed by atoms with Crippen molar-refractivity contribution in [3.05, 3.63) is 28.0 Å². The third kappa shape index (κ3) is 1.59. The van der Waals surface area contributed by atoms with Gasteiger partial charge in [-0.1, -0.05) is 11.6 Å². The quantitative estimate of drug-likeness (QED) is 0.756. The number of aryl methyl sites for hydroxylation is 1. The van der Waals surface area contributed by atoms with Gasteiger partial charge < -0.3 is 5.32 Å². The summed E-state index contributed by atoms with van der Waals surface area (Å²) < 4.78 is 13.8. The van der Waals surface area contributed by atoms with Crippen LogP contribution in [0.25, 0.3) is 0 Å². The van der Waals surface area contributed by atoms with Gasteiger partial charge in [0.1, 0.15) is 0 Å². The predicted octanol–water partition coefficient (Wildman–Crippen LogP) is 3.10. The van der Waals surface area contributed by atoms with Crippen molar-refractivity contribution in [1.29, 1.82) is 0 Å². The lowest BCUT2D eigenvalue weighted by atomic mass is 9.86. The molecule has 1 heterocycles. The predicted molar refractivity (Wildman–Crippen MR) is 62.6 cm³/mol. The van der Waals surface area contributed by atoms with Crippen LogP contribution in [0.4, 0.5) is 10.1 Å². The Labute approximate surface area is 98.8 Å². The summed E-state index contributed by atoms with van der Waals surface area (Å²) in [4.78, 5) is 11.8. The Hall–Kier alpha value is -1.09. The Bertz CT molecular complexity index is 482. The number of rotatable bonds is 0. The molecule has 0 aliphatic carbocycles. The van der Waals surface area contributed by atoms with Gasteiger partial charge in [-0.05, 0) is 38.0 Å². The second-order valence-corrected chi connectivity index (χ2v) is 5.10. The molecule has 0 aromatic heterocycles. The van der Waals surface area contributed by atoms with Crippen molar-refractivity contribution in [3.8, 4) is 0 Å². The fourth-order valence-electron chi connectivity index (χ4n) is 1.91. The molecular formula is C12H13ClFNO. The summed E-state index contributed by atoms with van der Waals surface area (Å²) in [5, 5.41) is 3.02. The highest BCUT2D eigenvalue weighted by molar-refractivity contribution is 6.31. The van der Waals surface area contributed by atoms with E-state index in [1.54, 1.807) is 19.9 Å². The highest BCUT2D eigenvalue weighted by Crippen LogP contribution is 2.36. The molecule has 0 radical (unpaired) electrons. The average Bonchev–Trinajstić information content (AvgIpc) is 2.18. The Morgan fingerprint density at radius 1 is 1.50 bits per heavy atom. The van der Waals surface area contributed by atoms with E-state index in [9.17, 15) is 9.18 Å². The topological polar surface area (TPSA) is 29.1 Å². The molecule has 0 bridgehead atoms. The van der Waals surface area contributed by atoms with Crippen molar-refractivity contribution in [2.75, 3.05) is 5.32 Å². The number of hydrogen-bond donors (Lipinski definition) is 1. The molecule has 86 valence electrons. The minimum absolute atomic E-state index is 0.0600. The lowest BCUT2D eigenvalue weighted by molar-refractivity contribution is -0.122. The molecule has 1 aromatic rings. The van der Waals surface area contributed by atoms with Crippen LogP contribution in [0.15, 0.2) is 6.07 Å². The summed E-state index contributed by atoms with van der Waals surface area (Å²) in [5.41, 5.74) is 1.20.